The van der Waals surface area contributed by atoms with Gasteiger partial charge >= 0.3 is 0 Å². The molecule has 4 saturated carbocycles. The average molecular weight is 426 g/mol. The van der Waals surface area contributed by atoms with Crippen LogP contribution in [0, 0.1) is 17.8 Å². The van der Waals surface area contributed by atoms with Crippen LogP contribution in [-0.4, -0.2) is 26.2 Å². The Morgan fingerprint density at radius 3 is 2.47 bits per heavy atom. The van der Waals surface area contributed by atoms with Gasteiger partial charge in [-0.2, -0.15) is 0 Å². The molecular weight excluding hydrogens is 394 g/mol. The number of amides is 1. The van der Waals surface area contributed by atoms with E-state index in [9.17, 15) is 9.59 Å². The van der Waals surface area contributed by atoms with Gasteiger partial charge in [0.1, 0.15) is 0 Å². The molecule has 4 aliphatic carbocycles. The zero-order valence-corrected chi connectivity index (χ0v) is 18.7. The van der Waals surface area contributed by atoms with Crippen LogP contribution in [0.5, 0.6) is 0 Å². The summed E-state index contributed by atoms with van der Waals surface area (Å²) >= 11 is 1.42. The number of carbonyl (C=O) groups is 1. The van der Waals surface area contributed by atoms with Crippen LogP contribution in [0.25, 0.3) is 10.9 Å². The number of carbonyl (C=O) groups excluding carboxylic acids is 1. The Kier molecular flexibility index (Phi) is 5.16. The Morgan fingerprint density at radius 1 is 1.20 bits per heavy atom. The topological polar surface area (TPSA) is 64.0 Å². The van der Waals surface area contributed by atoms with Crippen molar-refractivity contribution < 1.29 is 4.79 Å². The van der Waals surface area contributed by atoms with Crippen molar-refractivity contribution in [2.45, 2.75) is 81.3 Å². The van der Waals surface area contributed by atoms with Crippen LogP contribution in [-0.2, 0) is 11.3 Å². The van der Waals surface area contributed by atoms with Gasteiger partial charge in [-0.25, -0.2) is 4.98 Å². The predicted molar refractivity (Wildman–Crippen MR) is 121 cm³/mol. The van der Waals surface area contributed by atoms with E-state index in [0.717, 1.165) is 43.4 Å². The zero-order chi connectivity index (χ0) is 20.9. The molecule has 1 aromatic heterocycles. The number of para-hydroxylation sites is 1. The number of nitrogens with zero attached hydrogens (tertiary/aromatic N) is 2. The molecule has 6 rings (SSSR count). The van der Waals surface area contributed by atoms with Gasteiger partial charge in [-0.3, -0.25) is 14.2 Å². The van der Waals surface area contributed by atoms with Gasteiger partial charge in [0.15, 0.2) is 5.16 Å². The molecule has 0 radical (unpaired) electrons. The lowest BCUT2D eigenvalue weighted by molar-refractivity contribution is -0.126. The summed E-state index contributed by atoms with van der Waals surface area (Å²) in [5.74, 6) is 2.50. The molecule has 1 atom stereocenters. The summed E-state index contributed by atoms with van der Waals surface area (Å²) in [6, 6.07) is 7.47. The fraction of sp³-hybridized carbons (Fsp3) is 0.625. The van der Waals surface area contributed by atoms with E-state index < -0.39 is 0 Å². The third-order valence-corrected chi connectivity index (χ3v) is 8.44. The van der Waals surface area contributed by atoms with E-state index in [4.69, 9.17) is 4.98 Å². The maximum Gasteiger partial charge on any atom is 0.262 e. The minimum absolute atomic E-state index is 0.0144. The lowest BCUT2D eigenvalue weighted by Crippen LogP contribution is -2.60. The summed E-state index contributed by atoms with van der Waals surface area (Å²) < 4.78 is 1.74. The molecule has 4 fully saturated rings. The molecule has 0 saturated heterocycles. The molecule has 6 heteroatoms. The number of nitrogens with one attached hydrogen (secondary N) is 1. The lowest BCUT2D eigenvalue weighted by atomic mass is 9.53. The van der Waals surface area contributed by atoms with Gasteiger partial charge < -0.3 is 5.32 Å². The molecule has 4 aliphatic rings. The quantitative estimate of drug-likeness (QED) is 0.551. The molecule has 1 unspecified atom stereocenters. The highest BCUT2D eigenvalue weighted by Crippen LogP contribution is 2.55. The molecule has 5 nitrogen and oxygen atoms in total. The zero-order valence-electron chi connectivity index (χ0n) is 17.9. The normalized spacial score (nSPS) is 30.5. The van der Waals surface area contributed by atoms with Gasteiger partial charge in [0.2, 0.25) is 5.91 Å². The number of fused-ring (bicyclic) bond motifs is 1. The van der Waals surface area contributed by atoms with E-state index in [2.05, 4.69) is 12.2 Å². The van der Waals surface area contributed by atoms with E-state index in [1.807, 2.05) is 31.2 Å². The molecule has 1 amide bonds. The first kappa shape index (κ1) is 20.1. The highest BCUT2D eigenvalue weighted by Gasteiger charge is 2.51. The molecule has 30 heavy (non-hydrogen) atoms. The second-order valence-electron chi connectivity index (χ2n) is 9.82. The number of hydrogen-bond acceptors (Lipinski definition) is 4. The Bertz CT molecular complexity index is 995. The molecule has 160 valence electrons. The number of benzene rings is 1. The van der Waals surface area contributed by atoms with Gasteiger partial charge in [0.25, 0.3) is 5.56 Å². The Balaban J connectivity index is 1.36. The smallest absolute Gasteiger partial charge is 0.262 e. The monoisotopic (exact) mass is 425 g/mol. The number of aromatic nitrogens is 2. The molecule has 0 spiro atoms. The lowest BCUT2D eigenvalue weighted by Gasteiger charge is -2.57. The highest BCUT2D eigenvalue weighted by molar-refractivity contribution is 8.00. The van der Waals surface area contributed by atoms with Crippen molar-refractivity contribution in [1.82, 2.24) is 14.9 Å². The summed E-state index contributed by atoms with van der Waals surface area (Å²) in [4.78, 5) is 31.0. The minimum Gasteiger partial charge on any atom is -0.350 e. The Morgan fingerprint density at radius 2 is 1.83 bits per heavy atom. The van der Waals surface area contributed by atoms with Crippen molar-refractivity contribution in [1.29, 1.82) is 0 Å². The van der Waals surface area contributed by atoms with Crippen LogP contribution in [0.1, 0.15) is 58.8 Å². The maximum absolute atomic E-state index is 13.2. The van der Waals surface area contributed by atoms with Crippen molar-refractivity contribution in [2.75, 3.05) is 0 Å². The first-order chi connectivity index (χ1) is 14.5. The summed E-state index contributed by atoms with van der Waals surface area (Å²) in [5.41, 5.74) is 0.699. The highest BCUT2D eigenvalue weighted by atomic mass is 32.2. The van der Waals surface area contributed by atoms with E-state index in [-0.39, 0.29) is 22.3 Å². The average Bonchev–Trinajstić information content (AvgIpc) is 2.69. The van der Waals surface area contributed by atoms with Gasteiger partial charge in [-0.1, -0.05) is 30.8 Å². The molecule has 2 aromatic rings. The Labute approximate surface area is 182 Å². The van der Waals surface area contributed by atoms with Crippen LogP contribution in [0.15, 0.2) is 34.2 Å². The number of hydrogen-bond donors (Lipinski definition) is 1. The fourth-order valence-electron chi connectivity index (χ4n) is 6.50. The van der Waals surface area contributed by atoms with Gasteiger partial charge in [0.05, 0.1) is 16.2 Å². The second kappa shape index (κ2) is 7.70. The third kappa shape index (κ3) is 3.57. The predicted octanol–water partition coefficient (Wildman–Crippen LogP) is 4.37. The van der Waals surface area contributed by atoms with E-state index in [1.165, 1.54) is 31.0 Å². The molecule has 4 bridgehead atoms. The number of thioether (sulfide) groups is 1. The summed E-state index contributed by atoms with van der Waals surface area (Å²) in [5, 5.41) is 4.48. The molecule has 1 aromatic carbocycles. The van der Waals surface area contributed by atoms with Crippen molar-refractivity contribution in [3.8, 4) is 0 Å². The van der Waals surface area contributed by atoms with Crippen LogP contribution in [0.2, 0.25) is 0 Å². The van der Waals surface area contributed by atoms with E-state index in [0.29, 0.717) is 22.6 Å². The largest absolute Gasteiger partial charge is 0.350 e. The van der Waals surface area contributed by atoms with Gasteiger partial charge in [0, 0.05) is 12.1 Å². The fourth-order valence-corrected chi connectivity index (χ4v) is 7.43. The van der Waals surface area contributed by atoms with Gasteiger partial charge in [-0.15, -0.1) is 0 Å². The van der Waals surface area contributed by atoms with E-state index in [1.54, 1.807) is 4.57 Å². The molecule has 0 aliphatic heterocycles. The Hall–Kier alpha value is -1.82. The first-order valence-electron chi connectivity index (χ1n) is 11.4. The van der Waals surface area contributed by atoms with Crippen LogP contribution < -0.4 is 10.9 Å². The summed E-state index contributed by atoms with van der Waals surface area (Å²) in [7, 11) is 0. The van der Waals surface area contributed by atoms with Crippen molar-refractivity contribution in [3.05, 3.63) is 34.6 Å². The maximum atomic E-state index is 13.2. The van der Waals surface area contributed by atoms with Crippen molar-refractivity contribution in [3.63, 3.8) is 0 Å². The molecular formula is C24H31N3O2S. The summed E-state index contributed by atoms with van der Waals surface area (Å²) in [6.45, 7) is 4.61. The van der Waals surface area contributed by atoms with Crippen molar-refractivity contribution in [2.24, 2.45) is 17.8 Å². The first-order valence-corrected chi connectivity index (χ1v) is 12.3. The standard InChI is InChI=1S/C24H31N3O2S/c1-3-8-27-22(29)19-6-4-5-7-20(19)25-23(27)30-15(2)21(28)26-24-12-16-9-17(13-24)11-18(10-16)14-24/h4-7,15-18H,3,8-14H2,1-2H3,(H,26,28). The second-order valence-corrected chi connectivity index (χ2v) is 11.1. The van der Waals surface area contributed by atoms with E-state index >= 15 is 0 Å². The van der Waals surface area contributed by atoms with Crippen molar-refractivity contribution >= 4 is 28.6 Å². The number of rotatable bonds is 6. The summed E-state index contributed by atoms with van der Waals surface area (Å²) in [6.07, 6.45) is 8.39. The van der Waals surface area contributed by atoms with Crippen LogP contribution in [0.4, 0.5) is 0 Å². The van der Waals surface area contributed by atoms with Gasteiger partial charge in [-0.05, 0) is 81.8 Å². The molecule has 1 N–H and O–H groups in total. The molecule has 1 heterocycles. The van der Waals surface area contributed by atoms with Crippen LogP contribution >= 0.6 is 11.8 Å². The minimum atomic E-state index is -0.283. The van der Waals surface area contributed by atoms with Crippen LogP contribution in [0.3, 0.4) is 0 Å². The third-order valence-electron chi connectivity index (χ3n) is 7.35. The SMILES string of the molecule is CCCn1c(SC(C)C(=O)NC23CC4CC(CC(C4)C2)C3)nc2ccccc2c1=O.